The lowest BCUT2D eigenvalue weighted by atomic mass is 10.1. The van der Waals surface area contributed by atoms with Crippen molar-refractivity contribution in [2.24, 2.45) is 7.05 Å². The fourth-order valence-corrected chi connectivity index (χ4v) is 2.76. The maximum atomic E-state index is 11.4. The first kappa shape index (κ1) is 13.3. The summed E-state index contributed by atoms with van der Waals surface area (Å²) in [5.41, 5.74) is 2.78. The third-order valence-corrected chi connectivity index (χ3v) is 4.07. The van der Waals surface area contributed by atoms with Gasteiger partial charge in [-0.3, -0.25) is 9.58 Å². The molecule has 2 aliphatic rings. The van der Waals surface area contributed by atoms with E-state index in [9.17, 15) is 4.79 Å². The van der Waals surface area contributed by atoms with Crippen LogP contribution in [0.15, 0.2) is 30.6 Å². The molecule has 1 aromatic carbocycles. The Morgan fingerprint density at radius 3 is 3.18 bits per heavy atom. The molecule has 2 aromatic rings. The van der Waals surface area contributed by atoms with Gasteiger partial charge >= 0.3 is 5.97 Å². The van der Waals surface area contributed by atoms with Crippen molar-refractivity contribution >= 4 is 5.97 Å². The first-order valence-electron chi connectivity index (χ1n) is 7.33. The number of fused-ring (bicyclic) bond motifs is 1. The largest absolute Gasteiger partial charge is 0.492 e. The van der Waals surface area contributed by atoms with Crippen molar-refractivity contribution in [3.8, 4) is 5.75 Å². The van der Waals surface area contributed by atoms with Crippen molar-refractivity contribution in [1.29, 1.82) is 0 Å². The maximum Gasteiger partial charge on any atom is 0.338 e. The summed E-state index contributed by atoms with van der Waals surface area (Å²) in [6.45, 7) is 2.96. The summed E-state index contributed by atoms with van der Waals surface area (Å²) in [6, 6.07) is 5.96. The summed E-state index contributed by atoms with van der Waals surface area (Å²) in [7, 11) is 1.93. The van der Waals surface area contributed by atoms with Crippen molar-refractivity contribution in [3.05, 3.63) is 47.3 Å². The lowest BCUT2D eigenvalue weighted by Gasteiger charge is -2.07. The van der Waals surface area contributed by atoms with Crippen LogP contribution in [0.3, 0.4) is 0 Å². The number of hydrogen-bond donors (Lipinski definition) is 0. The van der Waals surface area contributed by atoms with Crippen LogP contribution in [-0.2, 0) is 24.9 Å². The van der Waals surface area contributed by atoms with Crippen molar-refractivity contribution in [2.75, 3.05) is 13.2 Å². The van der Waals surface area contributed by atoms with E-state index >= 15 is 0 Å². The van der Waals surface area contributed by atoms with Crippen LogP contribution in [0, 0.1) is 0 Å². The predicted octanol–water partition coefficient (Wildman–Crippen LogP) is 1.35. The van der Waals surface area contributed by atoms with Gasteiger partial charge in [-0.2, -0.15) is 5.10 Å². The molecule has 0 amide bonds. The first-order valence-corrected chi connectivity index (χ1v) is 7.33. The normalized spacial score (nSPS) is 22.3. The monoisotopic (exact) mass is 299 g/mol. The Hall–Kier alpha value is -2.34. The summed E-state index contributed by atoms with van der Waals surface area (Å²) in [5, 5.41) is 4.17. The number of carbonyl (C=O) groups excluding carboxylic acids is 1. The molecule has 0 spiro atoms. The molecule has 1 saturated heterocycles. The second kappa shape index (κ2) is 5.14. The van der Waals surface area contributed by atoms with Crippen molar-refractivity contribution in [3.63, 3.8) is 0 Å². The van der Waals surface area contributed by atoms with Crippen LogP contribution in [0.25, 0.3) is 0 Å². The fourth-order valence-electron chi connectivity index (χ4n) is 2.76. The van der Waals surface area contributed by atoms with Gasteiger partial charge in [-0.15, -0.1) is 0 Å². The number of ether oxygens (including phenoxy) is 2. The highest BCUT2D eigenvalue weighted by Gasteiger charge is 2.34. The molecule has 114 valence electrons. The van der Waals surface area contributed by atoms with Gasteiger partial charge in [0, 0.05) is 37.5 Å². The Bertz CT molecular complexity index is 725. The molecule has 22 heavy (non-hydrogen) atoms. The van der Waals surface area contributed by atoms with Gasteiger partial charge in [-0.1, -0.05) is 0 Å². The highest BCUT2D eigenvalue weighted by atomic mass is 16.5. The Morgan fingerprint density at radius 1 is 1.45 bits per heavy atom. The smallest absolute Gasteiger partial charge is 0.338 e. The molecule has 1 aromatic heterocycles. The summed E-state index contributed by atoms with van der Waals surface area (Å²) in [5.74, 6) is 0.552. The molecule has 1 fully saturated rings. The zero-order chi connectivity index (χ0) is 15.1. The van der Waals surface area contributed by atoms with E-state index in [-0.39, 0.29) is 5.97 Å². The van der Waals surface area contributed by atoms with E-state index in [2.05, 4.69) is 10.00 Å². The first-order chi connectivity index (χ1) is 10.7. The van der Waals surface area contributed by atoms with Crippen LogP contribution in [0.1, 0.15) is 21.5 Å². The molecule has 0 N–H and O–H groups in total. The van der Waals surface area contributed by atoms with E-state index in [0.717, 1.165) is 24.4 Å². The lowest BCUT2D eigenvalue weighted by Crippen LogP contribution is -2.11. The average Bonchev–Trinajstić information content (AvgIpc) is 2.95. The third kappa shape index (κ3) is 2.57. The van der Waals surface area contributed by atoms with Gasteiger partial charge in [0.15, 0.2) is 0 Å². The van der Waals surface area contributed by atoms with Crippen LogP contribution in [0.4, 0.5) is 0 Å². The van der Waals surface area contributed by atoms with E-state index in [4.69, 9.17) is 9.47 Å². The van der Waals surface area contributed by atoms with E-state index in [1.807, 2.05) is 36.3 Å². The molecule has 0 bridgehead atoms. The van der Waals surface area contributed by atoms with Crippen LogP contribution in [0.2, 0.25) is 0 Å². The van der Waals surface area contributed by atoms with Crippen LogP contribution < -0.4 is 4.74 Å². The average molecular weight is 299 g/mol. The Labute approximate surface area is 128 Å². The van der Waals surface area contributed by atoms with Crippen LogP contribution in [-0.4, -0.2) is 39.8 Å². The second-order valence-corrected chi connectivity index (χ2v) is 5.81. The zero-order valence-corrected chi connectivity index (χ0v) is 12.4. The van der Waals surface area contributed by atoms with Gasteiger partial charge < -0.3 is 9.47 Å². The maximum absolute atomic E-state index is 11.4. The van der Waals surface area contributed by atoms with Gasteiger partial charge in [0.05, 0.1) is 17.8 Å². The molecule has 6 heteroatoms. The molecule has 4 rings (SSSR count). The predicted molar refractivity (Wildman–Crippen MR) is 78.5 cm³/mol. The van der Waals surface area contributed by atoms with Gasteiger partial charge in [0.1, 0.15) is 19.0 Å². The number of nitrogens with zero attached hydrogens (tertiary/aromatic N) is 3. The van der Waals surface area contributed by atoms with Crippen molar-refractivity contribution in [1.82, 2.24) is 14.7 Å². The number of esters is 1. The summed E-state index contributed by atoms with van der Waals surface area (Å²) in [6.07, 6.45) is 3.93. The SMILES string of the molecule is Cn1cc(CN2CC2COc2ccc3c(c2)COC3=O)cn1. The van der Waals surface area contributed by atoms with Gasteiger partial charge in [-0.05, 0) is 18.2 Å². The standard InChI is InChI=1S/C16H17N3O3/c1-18-6-11(5-17-18)7-19-8-13(19)10-21-14-2-3-15-12(4-14)9-22-16(15)20/h2-6,13H,7-10H2,1H3. The molecule has 2 unspecified atom stereocenters. The number of carbonyl (C=O) groups is 1. The molecule has 0 saturated carbocycles. The quantitative estimate of drug-likeness (QED) is 0.616. The fraction of sp³-hybridized carbons (Fsp3) is 0.375. The molecule has 6 nitrogen and oxygen atoms in total. The van der Waals surface area contributed by atoms with Gasteiger partial charge in [0.2, 0.25) is 0 Å². The number of hydrogen-bond acceptors (Lipinski definition) is 5. The number of cyclic esters (lactones) is 1. The molecule has 2 aliphatic heterocycles. The number of rotatable bonds is 5. The second-order valence-electron chi connectivity index (χ2n) is 5.81. The molecule has 0 aliphatic carbocycles. The molecular weight excluding hydrogens is 282 g/mol. The Morgan fingerprint density at radius 2 is 2.36 bits per heavy atom. The van der Waals surface area contributed by atoms with Crippen LogP contribution in [0.5, 0.6) is 5.75 Å². The molecular formula is C16H17N3O3. The molecule has 0 radical (unpaired) electrons. The highest BCUT2D eigenvalue weighted by Crippen LogP contribution is 2.26. The Kier molecular flexibility index (Phi) is 3.11. The molecule has 3 heterocycles. The summed E-state index contributed by atoms with van der Waals surface area (Å²) in [4.78, 5) is 13.7. The Balaban J connectivity index is 1.30. The summed E-state index contributed by atoms with van der Waals surface area (Å²) >= 11 is 0. The highest BCUT2D eigenvalue weighted by molar-refractivity contribution is 5.93. The van der Waals surface area contributed by atoms with E-state index in [1.54, 1.807) is 6.07 Å². The minimum Gasteiger partial charge on any atom is -0.492 e. The molecule has 2 atom stereocenters. The number of aromatic nitrogens is 2. The number of benzene rings is 1. The minimum atomic E-state index is -0.244. The number of aryl methyl sites for hydroxylation is 1. The van der Waals surface area contributed by atoms with E-state index in [1.165, 1.54) is 5.56 Å². The van der Waals surface area contributed by atoms with E-state index < -0.39 is 0 Å². The summed E-state index contributed by atoms with van der Waals surface area (Å²) < 4.78 is 12.6. The van der Waals surface area contributed by atoms with Crippen LogP contribution >= 0.6 is 0 Å². The third-order valence-electron chi connectivity index (χ3n) is 4.07. The van der Waals surface area contributed by atoms with Gasteiger partial charge in [0.25, 0.3) is 0 Å². The van der Waals surface area contributed by atoms with Crippen molar-refractivity contribution < 1.29 is 14.3 Å². The topological polar surface area (TPSA) is 56.4 Å². The van der Waals surface area contributed by atoms with Gasteiger partial charge in [-0.25, -0.2) is 4.79 Å². The van der Waals surface area contributed by atoms with Crippen molar-refractivity contribution in [2.45, 2.75) is 19.2 Å². The lowest BCUT2D eigenvalue weighted by molar-refractivity contribution is 0.0535. The van der Waals surface area contributed by atoms with E-state index in [0.29, 0.717) is 24.8 Å². The zero-order valence-electron chi connectivity index (χ0n) is 12.4. The minimum absolute atomic E-state index is 0.244.